The van der Waals surface area contributed by atoms with Gasteiger partial charge < -0.3 is 9.15 Å². The third-order valence-electron chi connectivity index (χ3n) is 18.2. The molecule has 0 fully saturated rings. The van der Waals surface area contributed by atoms with E-state index in [9.17, 15) is 67.6 Å². The third kappa shape index (κ3) is 35.9. The topological polar surface area (TPSA) is 322 Å². The van der Waals surface area contributed by atoms with Crippen LogP contribution in [0, 0.1) is 44.7 Å². The normalized spacial score (nSPS) is 9.80. The Morgan fingerprint density at radius 2 is 1.05 bits per heavy atom. The zero-order valence-corrected chi connectivity index (χ0v) is 85.7. The van der Waals surface area contributed by atoms with Crippen LogP contribution >= 0.6 is 141 Å². The largest absolute Gasteiger partial charge is 0.493 e. The second-order valence-electron chi connectivity index (χ2n) is 27.9. The van der Waals surface area contributed by atoms with Gasteiger partial charge >= 0.3 is 0 Å². The van der Waals surface area contributed by atoms with Crippen LogP contribution in [0.5, 0.6) is 5.75 Å². The summed E-state index contributed by atoms with van der Waals surface area (Å²) < 4.78 is 15.3. The quantitative estimate of drug-likeness (QED) is 0.0375. The second kappa shape index (κ2) is 58.9. The summed E-state index contributed by atoms with van der Waals surface area (Å²) in [5.74, 6) is 0.979. The fourth-order valence-electron chi connectivity index (χ4n) is 11.8. The number of thiophene rings is 3. The van der Waals surface area contributed by atoms with Crippen molar-refractivity contribution in [2.75, 3.05) is 6.61 Å². The molecule has 10 aromatic carbocycles. The lowest BCUT2D eigenvalue weighted by Gasteiger charge is -2.05. The average Bonchev–Trinajstić information content (AvgIpc) is 1.05. The van der Waals surface area contributed by atoms with Crippen molar-refractivity contribution in [1.29, 1.82) is 0 Å². The monoisotopic (exact) mass is 2270 g/mol. The van der Waals surface area contributed by atoms with Gasteiger partial charge in [0.2, 0.25) is 0 Å². The lowest BCUT2D eigenvalue weighted by Crippen LogP contribution is -1.95. The molecule has 0 aliphatic rings. The van der Waals surface area contributed by atoms with Gasteiger partial charge in [0.05, 0.1) is 57.6 Å². The van der Waals surface area contributed by atoms with E-state index in [0.29, 0.717) is 80.7 Å². The Bertz CT molecular complexity index is 7050. The zero-order valence-electron chi connectivity index (χ0n) is 73.0. The summed E-state index contributed by atoms with van der Waals surface area (Å²) in [4.78, 5) is 153. The Morgan fingerprint density at radius 3 is 1.62 bits per heavy atom. The second-order valence-corrected chi connectivity index (χ2v) is 37.0. The first-order valence-electron chi connectivity index (χ1n) is 40.1. The highest BCUT2D eigenvalue weighted by Gasteiger charge is 2.12. The zero-order chi connectivity index (χ0) is 99.0. The lowest BCUT2D eigenvalue weighted by molar-refractivity contribution is -0.385. The van der Waals surface area contributed by atoms with Crippen LogP contribution in [0.4, 0.5) is 5.69 Å². The number of carbonyl (C=O) groups is 12. The van der Waals surface area contributed by atoms with Crippen molar-refractivity contribution in [3.05, 3.63) is 425 Å². The Hall–Kier alpha value is -13.1. The molecule has 0 saturated carbocycles. The van der Waals surface area contributed by atoms with Crippen LogP contribution in [0.25, 0.3) is 65.4 Å². The Morgan fingerprint density at radius 1 is 0.426 bits per heavy atom. The predicted molar refractivity (Wildman–Crippen MR) is 565 cm³/mol. The van der Waals surface area contributed by atoms with E-state index in [1.54, 1.807) is 86.0 Å². The van der Waals surface area contributed by atoms with Crippen molar-refractivity contribution >= 4 is 277 Å². The number of nitro groups is 1. The molecule has 31 heteroatoms. The fraction of sp³-hybridized carbons (Fsp3) is 0.0667. The molecule has 688 valence electrons. The van der Waals surface area contributed by atoms with Gasteiger partial charge in [-0.1, -0.05) is 200 Å². The summed E-state index contributed by atoms with van der Waals surface area (Å²) in [6.07, 6.45) is 12.8. The maximum Gasteiger partial charge on any atom is 0.273 e. The van der Waals surface area contributed by atoms with Crippen molar-refractivity contribution in [1.82, 2.24) is 19.9 Å². The molecule has 0 radical (unpaired) electrons. The first-order valence-corrected chi connectivity index (χ1v) is 47.9. The van der Waals surface area contributed by atoms with Gasteiger partial charge in [-0.2, -0.15) is 0 Å². The molecule has 0 saturated heterocycles. The van der Waals surface area contributed by atoms with Crippen LogP contribution in [0.2, 0.25) is 5.15 Å². The molecule has 21 nitrogen and oxygen atoms in total. The highest BCUT2D eigenvalue weighted by atomic mass is 79.9. The van der Waals surface area contributed by atoms with Crippen molar-refractivity contribution in [3.63, 3.8) is 0 Å². The lowest BCUT2D eigenvalue weighted by atomic mass is 10.0. The molecule has 18 rings (SSSR count). The molecular weight excluding hydrogens is 2200 g/mol. The van der Waals surface area contributed by atoms with Crippen LogP contribution in [0.15, 0.2) is 321 Å². The number of ether oxygens (including phenoxy) is 1. The van der Waals surface area contributed by atoms with Crippen LogP contribution in [0.3, 0.4) is 0 Å². The van der Waals surface area contributed by atoms with E-state index in [-0.39, 0.29) is 10.8 Å². The highest BCUT2D eigenvalue weighted by molar-refractivity contribution is 9.11. The van der Waals surface area contributed by atoms with E-state index in [4.69, 9.17) is 20.8 Å². The minimum absolute atomic E-state index is 0.0143. The number of rotatable bonds is 16. The summed E-state index contributed by atoms with van der Waals surface area (Å²) in [7, 11) is 0. The number of nitro benzene ring substituents is 1. The van der Waals surface area contributed by atoms with Crippen molar-refractivity contribution in [3.8, 4) is 16.9 Å². The van der Waals surface area contributed by atoms with Crippen LogP contribution < -0.4 is 4.74 Å². The number of nitrogens with zero attached hydrogens (tertiary/aromatic N) is 5. The summed E-state index contributed by atoms with van der Waals surface area (Å²) in [6, 6.07) is 82.1. The van der Waals surface area contributed by atoms with Crippen LogP contribution in [-0.2, 0) is 0 Å². The summed E-state index contributed by atoms with van der Waals surface area (Å²) in [5.41, 5.74) is 14.1. The summed E-state index contributed by atoms with van der Waals surface area (Å²) >= 11 is 29.5. The highest BCUT2D eigenvalue weighted by Crippen LogP contribution is 2.29. The molecule has 0 spiro atoms. The molecule has 0 N–H and O–H groups in total. The molecule has 0 aliphatic heterocycles. The number of hydrogen-bond acceptors (Lipinski definition) is 23. The van der Waals surface area contributed by atoms with Crippen LogP contribution in [0.1, 0.15) is 157 Å². The molecule has 0 atom stereocenters. The number of aromatic nitrogens is 4. The molecule has 8 aromatic heterocycles. The molecule has 0 unspecified atom stereocenters. The van der Waals surface area contributed by atoms with Crippen molar-refractivity contribution in [2.24, 2.45) is 0 Å². The predicted octanol–water partition coefficient (Wildman–Crippen LogP) is 29.9. The number of aryl methyl sites for hydroxylation is 5. The number of fused-ring (bicyclic) bond motifs is 5. The number of hydrogen-bond donors (Lipinski definition) is 0. The van der Waals surface area contributed by atoms with Gasteiger partial charge in [-0.05, 0) is 264 Å². The Kier molecular flexibility index (Phi) is 47.6. The van der Waals surface area contributed by atoms with E-state index < -0.39 is 4.92 Å². The minimum Gasteiger partial charge on any atom is -0.493 e. The van der Waals surface area contributed by atoms with Gasteiger partial charge in [-0.25, -0.2) is 9.97 Å². The van der Waals surface area contributed by atoms with E-state index in [1.807, 2.05) is 215 Å². The first-order chi connectivity index (χ1) is 65.6. The SMILES string of the molecule is CCOc1ccc(Br)cc1C=O.Cc1cc(C=O)c2ccccc2n1.Cc1cc(C=O)nc2ccccc12.Cc1ccc(C=O)cc1[N+](=O)[O-].Cc1ccc2c(C=O)cccc2c1.Cc1ccc2ccc(C=O)cc2c1.O=Cc1cc(Br)cs1.O=Cc1cc2ccccc2nc1Cl.O=Cc1ccc(Br)o1.O=Cc1ccc(Br)s1.O=Cc1cnccc1-c1cccc(Br)c1.O=Cc1sccc1Br. The number of halogens is 7. The maximum atomic E-state index is 10.8. The number of benzene rings is 10. The maximum absolute atomic E-state index is 10.8. The molecule has 0 aliphatic carbocycles. The minimum atomic E-state index is -0.498. The number of para-hydroxylation sites is 3. The van der Waals surface area contributed by atoms with E-state index in [2.05, 4.69) is 140 Å². The van der Waals surface area contributed by atoms with Crippen molar-refractivity contribution < 1.29 is 71.6 Å². The van der Waals surface area contributed by atoms with Gasteiger partial charge in [0.1, 0.15) is 29.2 Å². The smallest absolute Gasteiger partial charge is 0.273 e. The number of furan rings is 1. The summed E-state index contributed by atoms with van der Waals surface area (Å²) in [6.45, 7) is 12.1. The Labute approximate surface area is 849 Å². The number of aldehydes is 12. The van der Waals surface area contributed by atoms with Crippen molar-refractivity contribution in [2.45, 2.75) is 41.5 Å². The standard InChI is InChI=1S/C12H8BrNO.2C12H10O.2C11H9NO.C10H6ClNO.C9H9BrO2.C8H7NO3.C5H3BrO2.3C5H3BrOS/c13-11-3-1-2-9(6-11)12-4-5-14-7-10(12)8-15;1-9-2-4-11-5-3-10(8-13)7-12(11)6-9;1-9-5-6-12-10(7-9)3-2-4-11(12)8-13;1-8-6-9(7-13)10-4-2-3-5-11(10)12-8;1-8-6-9(7-13)12-11-5-3-2-4-10(8)11;11-10-8(6-13)5-7-3-1-2-4-9(7)12-10;1-2-12-9-4-3-8(10)5-7(9)6-11;1-6-2-3-7(5-10)4-8(6)9(11)12;6-5-2-1-4(3-7)8-5;6-4-1-5(2-7)8-3-4;6-4-1-2-8-5(4)3-7;6-5-2-1-4(3-7)8-5/h1-8H;2*2-8H,1H3;2*2-7H,1H3;1-6H;3-6H,2H2,1H3;2-5H,1H3;4*1-3H. The number of carbonyl (C=O) groups excluding carboxylic acids is 12. The van der Waals surface area contributed by atoms with Gasteiger partial charge in [0, 0.05) is 97.0 Å². The molecular formula is C105H80Br6ClN5O16S3. The van der Waals surface area contributed by atoms with Gasteiger partial charge in [0.25, 0.3) is 5.69 Å². The van der Waals surface area contributed by atoms with E-state index >= 15 is 0 Å². The fourth-order valence-corrected chi connectivity index (χ4v) is 16.9. The third-order valence-corrected chi connectivity index (χ3v) is 24.9. The molecule has 8 heterocycles. The van der Waals surface area contributed by atoms with Gasteiger partial charge in [0.15, 0.2) is 73.3 Å². The van der Waals surface area contributed by atoms with Gasteiger partial charge in [-0.3, -0.25) is 77.6 Å². The van der Waals surface area contributed by atoms with Gasteiger partial charge in [-0.15, -0.1) is 34.0 Å². The van der Waals surface area contributed by atoms with E-state index in [0.717, 1.165) is 175 Å². The molecule has 136 heavy (non-hydrogen) atoms. The van der Waals surface area contributed by atoms with E-state index in [1.165, 1.54) is 56.6 Å². The first kappa shape index (κ1) is 110. The average molecular weight is 2280 g/mol. The Balaban J connectivity index is 0.000000203. The number of pyridine rings is 4. The molecule has 18 aromatic rings. The summed E-state index contributed by atoms with van der Waals surface area (Å²) in [5, 5.41) is 21.8. The molecule has 0 bridgehead atoms. The van der Waals surface area contributed by atoms with Crippen LogP contribution in [-0.4, -0.2) is 107 Å². The molecule has 0 amide bonds.